The number of aromatic hydroxyl groups is 1. The van der Waals surface area contributed by atoms with Crippen molar-refractivity contribution in [2.75, 3.05) is 0 Å². The predicted molar refractivity (Wildman–Crippen MR) is 31.7 cm³/mol. The molecule has 0 unspecified atom stereocenters. The van der Waals surface area contributed by atoms with Gasteiger partial charge in [-0.25, -0.2) is 4.98 Å². The normalized spacial score (nSPS) is 7.50. The molecule has 0 saturated carbocycles. The maximum absolute atomic E-state index is 8.52. The summed E-state index contributed by atoms with van der Waals surface area (Å²) in [6.07, 6.45) is 1.54. The fourth-order valence-electron chi connectivity index (χ4n) is 0.354. The summed E-state index contributed by atoms with van der Waals surface area (Å²) in [7, 11) is 0. The molecule has 2 nitrogen and oxygen atoms in total. The van der Waals surface area contributed by atoms with Crippen molar-refractivity contribution in [3.63, 3.8) is 0 Å². The summed E-state index contributed by atoms with van der Waals surface area (Å²) in [5, 5.41) is 8.52. The van der Waals surface area contributed by atoms with Gasteiger partial charge in [0, 0.05) is 63.6 Å². The topological polar surface area (TPSA) is 33.1 Å². The quantitative estimate of drug-likeness (QED) is 0.521. The summed E-state index contributed by atoms with van der Waals surface area (Å²) in [5.41, 5.74) is 0. The van der Waals surface area contributed by atoms with Gasteiger partial charge in [-0.05, 0) is 6.07 Å². The molecule has 1 radical (unpaired) electrons. The van der Waals surface area contributed by atoms with Crippen LogP contribution < -0.4 is 0 Å². The summed E-state index contributed by atoms with van der Waals surface area (Å²) >= 11 is 0. The average molecular weight is 134 g/mol. The van der Waals surface area contributed by atoms with E-state index in [1.165, 1.54) is 12.3 Å². The van der Waals surface area contributed by atoms with E-state index in [9.17, 15) is 0 Å². The molecule has 3 heteroatoms. The first-order valence-corrected chi connectivity index (χ1v) is 1.99. The number of aromatic nitrogens is 1. The molecule has 0 aliphatic heterocycles. The van der Waals surface area contributed by atoms with Crippen LogP contribution in [0.2, 0.25) is 0 Å². The first kappa shape index (κ1) is 8.59. The molecule has 1 N–H and O–H groups in total. The van der Waals surface area contributed by atoms with Gasteiger partial charge in [0.05, 0.1) is 0 Å². The van der Waals surface area contributed by atoms with Crippen molar-refractivity contribution in [3.05, 3.63) is 24.4 Å². The van der Waals surface area contributed by atoms with Gasteiger partial charge in [-0.1, -0.05) is 6.07 Å². The van der Waals surface area contributed by atoms with Gasteiger partial charge in [-0.15, -0.1) is 0 Å². The second kappa shape index (κ2) is 4.46. The van der Waals surface area contributed by atoms with Crippen LogP contribution in [0, 0.1) is 0 Å². The van der Waals surface area contributed by atoms with Crippen molar-refractivity contribution in [2.45, 2.75) is 0 Å². The van der Waals surface area contributed by atoms with Crippen molar-refractivity contribution >= 4 is 51.4 Å². The Morgan fingerprint density at radius 3 is 2.38 bits per heavy atom. The number of nitrogens with zero attached hydrogens (tertiary/aromatic N) is 1. The first-order chi connectivity index (χ1) is 3.39. The van der Waals surface area contributed by atoms with Crippen molar-refractivity contribution in [1.29, 1.82) is 0 Å². The monoisotopic (exact) mass is 134 g/mol. The van der Waals surface area contributed by atoms with Crippen LogP contribution in [0.3, 0.4) is 0 Å². The van der Waals surface area contributed by atoms with Crippen LogP contribution in [-0.2, 0) is 0 Å². The minimum Gasteiger partial charge on any atom is -0.493 e. The SMILES string of the molecule is Oc1ccccn1.[K]. The Labute approximate surface area is 90.4 Å². The van der Waals surface area contributed by atoms with Gasteiger partial charge in [0.2, 0.25) is 5.88 Å². The molecule has 0 amide bonds. The van der Waals surface area contributed by atoms with Gasteiger partial charge in [-0.2, -0.15) is 0 Å². The molecule has 1 aromatic rings. The summed E-state index contributed by atoms with van der Waals surface area (Å²) in [5.74, 6) is 0.0718. The molecule has 0 aliphatic carbocycles. The second-order valence-corrected chi connectivity index (χ2v) is 1.19. The molecule has 0 aliphatic rings. The van der Waals surface area contributed by atoms with Gasteiger partial charge in [0.25, 0.3) is 0 Å². The molecular formula is C5H5KNO. The third-order valence-corrected chi connectivity index (χ3v) is 0.649. The summed E-state index contributed by atoms with van der Waals surface area (Å²) < 4.78 is 0. The van der Waals surface area contributed by atoms with Crippen LogP contribution in [0.5, 0.6) is 5.88 Å². The Kier molecular flexibility index (Phi) is 4.79. The molecule has 0 bridgehead atoms. The van der Waals surface area contributed by atoms with E-state index < -0.39 is 0 Å². The zero-order valence-corrected chi connectivity index (χ0v) is 7.83. The summed E-state index contributed by atoms with van der Waals surface area (Å²) in [6.45, 7) is 0. The maximum atomic E-state index is 8.52. The first-order valence-electron chi connectivity index (χ1n) is 1.99. The Morgan fingerprint density at radius 2 is 2.12 bits per heavy atom. The van der Waals surface area contributed by atoms with Crippen LogP contribution in [-0.4, -0.2) is 61.5 Å². The maximum Gasteiger partial charge on any atom is 0.210 e. The van der Waals surface area contributed by atoms with Crippen molar-refractivity contribution in [3.8, 4) is 5.88 Å². The number of pyridine rings is 1. The Morgan fingerprint density at radius 1 is 1.38 bits per heavy atom. The van der Waals surface area contributed by atoms with Gasteiger partial charge < -0.3 is 5.11 Å². The standard InChI is InChI=1S/C5H5NO.K/c7-5-3-1-2-4-6-5;/h1-4H,(H,6,7);. The van der Waals surface area contributed by atoms with Crippen molar-refractivity contribution < 1.29 is 5.11 Å². The number of hydrogen-bond acceptors (Lipinski definition) is 2. The minimum absolute atomic E-state index is 0. The third-order valence-electron chi connectivity index (χ3n) is 0.649. The molecule has 1 heterocycles. The largest absolute Gasteiger partial charge is 0.493 e. The molecule has 0 fully saturated rings. The van der Waals surface area contributed by atoms with Crippen molar-refractivity contribution in [1.82, 2.24) is 4.98 Å². The molecule has 37 valence electrons. The molecule has 0 spiro atoms. The van der Waals surface area contributed by atoms with E-state index in [2.05, 4.69) is 4.98 Å². The van der Waals surface area contributed by atoms with Crippen LogP contribution in [0.4, 0.5) is 0 Å². The number of hydrogen-bond donors (Lipinski definition) is 1. The van der Waals surface area contributed by atoms with E-state index in [1.54, 1.807) is 12.1 Å². The van der Waals surface area contributed by atoms with Crippen LogP contribution in [0.1, 0.15) is 0 Å². The smallest absolute Gasteiger partial charge is 0.210 e. The molecule has 1 rings (SSSR count). The number of rotatable bonds is 0. The minimum atomic E-state index is 0. The van der Waals surface area contributed by atoms with Gasteiger partial charge in [0.15, 0.2) is 0 Å². The van der Waals surface area contributed by atoms with Crippen LogP contribution in [0.25, 0.3) is 0 Å². The van der Waals surface area contributed by atoms with Crippen molar-refractivity contribution in [2.24, 2.45) is 0 Å². The average Bonchev–Trinajstić information content (AvgIpc) is 1.69. The summed E-state index contributed by atoms with van der Waals surface area (Å²) in [6, 6.07) is 5.00. The van der Waals surface area contributed by atoms with Crippen LogP contribution >= 0.6 is 0 Å². The van der Waals surface area contributed by atoms with E-state index in [1.807, 2.05) is 0 Å². The van der Waals surface area contributed by atoms with Gasteiger partial charge in [-0.3, -0.25) is 0 Å². The van der Waals surface area contributed by atoms with E-state index >= 15 is 0 Å². The zero-order chi connectivity index (χ0) is 5.11. The molecular weight excluding hydrogens is 129 g/mol. The van der Waals surface area contributed by atoms with E-state index in [-0.39, 0.29) is 57.3 Å². The molecule has 8 heavy (non-hydrogen) atoms. The summed E-state index contributed by atoms with van der Waals surface area (Å²) in [4.78, 5) is 3.53. The third kappa shape index (κ3) is 2.79. The zero-order valence-electron chi connectivity index (χ0n) is 4.70. The fourth-order valence-corrected chi connectivity index (χ4v) is 0.354. The predicted octanol–water partition coefficient (Wildman–Crippen LogP) is 0.406. The molecule has 1 aromatic heterocycles. The molecule has 0 saturated heterocycles. The Balaban J connectivity index is 0.000000490. The second-order valence-electron chi connectivity index (χ2n) is 1.19. The van der Waals surface area contributed by atoms with Crippen LogP contribution in [0.15, 0.2) is 24.4 Å². The molecule has 0 atom stereocenters. The van der Waals surface area contributed by atoms with Gasteiger partial charge in [0.1, 0.15) is 0 Å². The van der Waals surface area contributed by atoms with Gasteiger partial charge >= 0.3 is 0 Å². The Hall–Kier alpha value is 0.586. The Bertz CT molecular complexity index is 142. The molecule has 0 aromatic carbocycles. The fraction of sp³-hybridized carbons (Fsp3) is 0. The van der Waals surface area contributed by atoms with E-state index in [0.29, 0.717) is 0 Å². The van der Waals surface area contributed by atoms with E-state index in [0.717, 1.165) is 0 Å². The van der Waals surface area contributed by atoms with E-state index in [4.69, 9.17) is 5.11 Å².